The van der Waals surface area contributed by atoms with Crippen LogP contribution < -0.4 is 0 Å². The van der Waals surface area contributed by atoms with Gasteiger partial charge in [-0.05, 0) is 44.9 Å². The van der Waals surface area contributed by atoms with Gasteiger partial charge in [-0.2, -0.15) is 0 Å². The van der Waals surface area contributed by atoms with Gasteiger partial charge in [-0.15, -0.1) is 0 Å². The number of rotatable bonds is 6. The van der Waals surface area contributed by atoms with Crippen LogP contribution in [0.3, 0.4) is 0 Å². The molecule has 2 aliphatic rings. The zero-order valence-corrected chi connectivity index (χ0v) is 19.5. The molecule has 1 saturated heterocycles. The van der Waals surface area contributed by atoms with Gasteiger partial charge in [0.05, 0.1) is 24.0 Å². The summed E-state index contributed by atoms with van der Waals surface area (Å²) in [4.78, 5) is 51.8. The fourth-order valence-electron chi connectivity index (χ4n) is 4.56. The Labute approximate surface area is 193 Å². The van der Waals surface area contributed by atoms with Crippen LogP contribution in [0.15, 0.2) is 27.1 Å². The molecule has 1 aromatic heterocycles. The Bertz CT molecular complexity index is 1070. The quantitative estimate of drug-likeness (QED) is 0.431. The summed E-state index contributed by atoms with van der Waals surface area (Å²) in [5, 5.41) is 0.599. The molecule has 0 radical (unpaired) electrons. The second-order valence-corrected chi connectivity index (χ2v) is 9.01. The van der Waals surface area contributed by atoms with Gasteiger partial charge in [0.2, 0.25) is 17.6 Å². The first-order chi connectivity index (χ1) is 15.3. The molecule has 0 spiro atoms. The number of imide groups is 1. The van der Waals surface area contributed by atoms with E-state index in [1.54, 1.807) is 25.1 Å². The van der Waals surface area contributed by atoms with Gasteiger partial charge in [-0.25, -0.2) is 9.59 Å². The molecule has 2 fully saturated rings. The molecule has 0 N–H and O–H groups in total. The Morgan fingerprint density at radius 1 is 1.16 bits per heavy atom. The average molecular weight is 506 g/mol. The molecule has 1 saturated carbocycles. The minimum atomic E-state index is -1.04. The molecule has 8 nitrogen and oxygen atoms in total. The van der Waals surface area contributed by atoms with E-state index >= 15 is 0 Å². The Kier molecular flexibility index (Phi) is 6.37. The van der Waals surface area contributed by atoms with Crippen molar-refractivity contribution in [1.29, 1.82) is 0 Å². The van der Waals surface area contributed by atoms with E-state index in [4.69, 9.17) is 13.9 Å². The number of furan rings is 1. The first-order valence-electron chi connectivity index (χ1n) is 10.7. The van der Waals surface area contributed by atoms with Gasteiger partial charge >= 0.3 is 11.9 Å². The van der Waals surface area contributed by atoms with Crippen molar-refractivity contribution in [2.24, 2.45) is 11.8 Å². The van der Waals surface area contributed by atoms with Crippen LogP contribution in [0.1, 0.15) is 55.6 Å². The molecule has 2 unspecified atom stereocenters. The minimum absolute atomic E-state index is 0.0419. The van der Waals surface area contributed by atoms with Gasteiger partial charge in [-0.1, -0.05) is 28.8 Å². The second-order valence-electron chi connectivity index (χ2n) is 8.10. The van der Waals surface area contributed by atoms with Crippen LogP contribution in [0, 0.1) is 11.8 Å². The zero-order valence-electron chi connectivity index (χ0n) is 17.9. The van der Waals surface area contributed by atoms with Crippen LogP contribution in [-0.2, 0) is 30.5 Å². The molecular weight excluding hydrogens is 482 g/mol. The summed E-state index contributed by atoms with van der Waals surface area (Å²) in [6, 6.07) is 4.17. The highest BCUT2D eigenvalue weighted by atomic mass is 79.9. The largest absolute Gasteiger partial charge is 0.460 e. The van der Waals surface area contributed by atoms with Gasteiger partial charge in [-0.3, -0.25) is 14.5 Å². The molecule has 32 heavy (non-hydrogen) atoms. The molecule has 1 aliphatic carbocycles. The molecule has 1 aliphatic heterocycles. The van der Waals surface area contributed by atoms with Crippen LogP contribution in [0.5, 0.6) is 0 Å². The molecule has 2 amide bonds. The topological polar surface area (TPSA) is 103 Å². The molecule has 0 bridgehead atoms. The van der Waals surface area contributed by atoms with Gasteiger partial charge in [0, 0.05) is 9.86 Å². The highest BCUT2D eigenvalue weighted by Crippen LogP contribution is 2.39. The average Bonchev–Trinajstić information content (AvgIpc) is 3.26. The summed E-state index contributed by atoms with van der Waals surface area (Å²) in [5.74, 6) is -2.69. The van der Waals surface area contributed by atoms with E-state index in [-0.39, 0.29) is 42.6 Å². The molecule has 9 heteroatoms. The standard InChI is InChI=1S/C23H24BrNO7/c1-3-30-23(29)19-17(16-10-13(24)8-9-18(16)32-19)11-31-22(28)12(2)25-20(26)14-6-4-5-7-15(14)21(25)27/h8-10,12,14-15H,3-7,11H2,1-2H3/t12-,14?,15?/m0/s1. The van der Waals surface area contributed by atoms with Crippen LogP contribution in [0.4, 0.5) is 0 Å². The van der Waals surface area contributed by atoms with E-state index in [2.05, 4.69) is 15.9 Å². The number of fused-ring (bicyclic) bond motifs is 2. The number of halogens is 1. The lowest BCUT2D eigenvalue weighted by atomic mass is 9.81. The number of carbonyl (C=O) groups is 4. The van der Waals surface area contributed by atoms with Gasteiger partial charge in [0.25, 0.3) is 0 Å². The monoisotopic (exact) mass is 505 g/mol. The number of benzene rings is 1. The van der Waals surface area contributed by atoms with Crippen molar-refractivity contribution < 1.29 is 33.1 Å². The summed E-state index contributed by atoms with van der Waals surface area (Å²) in [6.07, 6.45) is 3.16. The fraction of sp³-hybridized carbons (Fsp3) is 0.478. The number of esters is 2. The normalized spacial score (nSPS) is 21.5. The van der Waals surface area contributed by atoms with Crippen LogP contribution in [-0.4, -0.2) is 41.3 Å². The van der Waals surface area contributed by atoms with E-state index in [1.807, 2.05) is 0 Å². The first-order valence-corrected chi connectivity index (χ1v) is 11.5. The maximum absolute atomic E-state index is 12.8. The van der Waals surface area contributed by atoms with Crippen LogP contribution in [0.2, 0.25) is 0 Å². The molecule has 170 valence electrons. The summed E-state index contributed by atoms with van der Waals surface area (Å²) < 4.78 is 16.9. The molecule has 3 atom stereocenters. The summed E-state index contributed by atoms with van der Waals surface area (Å²) in [7, 11) is 0. The maximum Gasteiger partial charge on any atom is 0.374 e. The van der Waals surface area contributed by atoms with Crippen molar-refractivity contribution in [1.82, 2.24) is 4.90 Å². The molecule has 2 aromatic rings. The lowest BCUT2D eigenvalue weighted by molar-refractivity contribution is -0.159. The number of ether oxygens (including phenoxy) is 2. The van der Waals surface area contributed by atoms with Gasteiger partial charge < -0.3 is 13.9 Å². The summed E-state index contributed by atoms with van der Waals surface area (Å²) in [5.41, 5.74) is 0.817. The number of nitrogens with zero attached hydrogens (tertiary/aromatic N) is 1. The maximum atomic E-state index is 12.8. The van der Waals surface area contributed by atoms with Crippen molar-refractivity contribution >= 4 is 50.7 Å². The number of carbonyl (C=O) groups excluding carboxylic acids is 4. The summed E-state index contributed by atoms with van der Waals surface area (Å²) in [6.45, 7) is 3.08. The van der Waals surface area contributed by atoms with E-state index in [9.17, 15) is 19.2 Å². The van der Waals surface area contributed by atoms with E-state index in [0.29, 0.717) is 29.4 Å². The number of amides is 2. The number of likely N-dealkylation sites (tertiary alicyclic amines) is 1. The third-order valence-corrected chi connectivity index (χ3v) is 6.67. The van der Waals surface area contributed by atoms with E-state index in [1.165, 1.54) is 6.92 Å². The predicted molar refractivity (Wildman–Crippen MR) is 116 cm³/mol. The van der Waals surface area contributed by atoms with Crippen LogP contribution >= 0.6 is 15.9 Å². The molecule has 4 rings (SSSR count). The second kappa shape index (κ2) is 9.05. The molecule has 2 heterocycles. The lowest BCUT2D eigenvalue weighted by Crippen LogP contribution is -2.44. The Balaban J connectivity index is 1.54. The Hall–Kier alpha value is -2.68. The highest BCUT2D eigenvalue weighted by molar-refractivity contribution is 9.10. The van der Waals surface area contributed by atoms with E-state index < -0.39 is 18.0 Å². The Morgan fingerprint density at radius 2 is 1.81 bits per heavy atom. The first kappa shape index (κ1) is 22.5. The number of hydrogen-bond donors (Lipinski definition) is 0. The SMILES string of the molecule is CCOC(=O)c1oc2ccc(Br)cc2c1COC(=O)[C@H](C)N1C(=O)C2CCCCC2C1=O. The van der Waals surface area contributed by atoms with Crippen molar-refractivity contribution in [3.63, 3.8) is 0 Å². The predicted octanol–water partition coefficient (Wildman–Crippen LogP) is 3.98. The van der Waals surface area contributed by atoms with Crippen molar-refractivity contribution in [3.8, 4) is 0 Å². The lowest BCUT2D eigenvalue weighted by Gasteiger charge is -2.21. The van der Waals surface area contributed by atoms with Gasteiger partial charge in [0.1, 0.15) is 18.2 Å². The summed E-state index contributed by atoms with van der Waals surface area (Å²) >= 11 is 3.39. The van der Waals surface area contributed by atoms with Crippen molar-refractivity contribution in [2.75, 3.05) is 6.61 Å². The third-order valence-electron chi connectivity index (χ3n) is 6.18. The minimum Gasteiger partial charge on any atom is -0.460 e. The highest BCUT2D eigenvalue weighted by Gasteiger charge is 2.51. The smallest absolute Gasteiger partial charge is 0.374 e. The molecule has 1 aromatic carbocycles. The number of hydrogen-bond acceptors (Lipinski definition) is 7. The zero-order chi connectivity index (χ0) is 23.0. The third kappa shape index (κ3) is 3.94. The Morgan fingerprint density at radius 3 is 2.44 bits per heavy atom. The van der Waals surface area contributed by atoms with Crippen molar-refractivity contribution in [2.45, 2.75) is 52.2 Å². The molecular formula is C23H24BrNO7. The van der Waals surface area contributed by atoms with Crippen molar-refractivity contribution in [3.05, 3.63) is 34.0 Å². The van der Waals surface area contributed by atoms with E-state index in [0.717, 1.165) is 22.2 Å². The van der Waals surface area contributed by atoms with Crippen LogP contribution in [0.25, 0.3) is 11.0 Å². The van der Waals surface area contributed by atoms with Gasteiger partial charge in [0.15, 0.2) is 0 Å². The fourth-order valence-corrected chi connectivity index (χ4v) is 4.93.